The molecule has 0 aromatic carbocycles. The molecule has 0 saturated carbocycles. The van der Waals surface area contributed by atoms with Crippen LogP contribution in [0, 0.1) is 11.8 Å². The van der Waals surface area contributed by atoms with Gasteiger partial charge in [0.05, 0.1) is 6.10 Å². The van der Waals surface area contributed by atoms with Gasteiger partial charge in [-0.05, 0) is 18.9 Å². The lowest BCUT2D eigenvalue weighted by Gasteiger charge is -2.23. The molecule has 0 aromatic rings. The molecule has 0 bridgehead atoms. The number of ether oxygens (including phenoxy) is 1. The molecule has 2 aliphatic heterocycles. The van der Waals surface area contributed by atoms with Crippen molar-refractivity contribution in [3.05, 3.63) is 0 Å². The molecule has 2 fully saturated rings. The molecular weight excluding hydrogens is 176 g/mol. The Hall–Kier alpha value is -0.120. The van der Waals surface area contributed by atoms with E-state index in [0.29, 0.717) is 12.0 Å². The van der Waals surface area contributed by atoms with Gasteiger partial charge in [0.2, 0.25) is 0 Å². The molecule has 0 aliphatic carbocycles. The normalized spacial score (nSPS) is 39.4. The van der Waals surface area contributed by atoms with E-state index in [-0.39, 0.29) is 0 Å². The summed E-state index contributed by atoms with van der Waals surface area (Å²) >= 11 is 0. The highest BCUT2D eigenvalue weighted by Gasteiger charge is 2.30. The molecule has 14 heavy (non-hydrogen) atoms. The summed E-state index contributed by atoms with van der Waals surface area (Å²) in [5.74, 6) is 1.59. The van der Waals surface area contributed by atoms with Crippen LogP contribution in [0.15, 0.2) is 0 Å². The first-order valence-electron chi connectivity index (χ1n) is 5.75. The first kappa shape index (κ1) is 10.4. The fourth-order valence-corrected chi connectivity index (χ4v) is 2.69. The standard InChI is InChI=1S/C11H22N2O/c1-9-3-4-13(7-9)8-10-5-12-6-11(10)14-2/h9-12H,3-8H2,1-2H3. The average molecular weight is 198 g/mol. The molecule has 0 amide bonds. The van der Waals surface area contributed by atoms with Crippen molar-refractivity contribution in [3.8, 4) is 0 Å². The third kappa shape index (κ3) is 2.27. The van der Waals surface area contributed by atoms with E-state index in [9.17, 15) is 0 Å². The first-order chi connectivity index (χ1) is 6.79. The van der Waals surface area contributed by atoms with Gasteiger partial charge in [-0.15, -0.1) is 0 Å². The van der Waals surface area contributed by atoms with Gasteiger partial charge in [0.25, 0.3) is 0 Å². The largest absolute Gasteiger partial charge is 0.380 e. The summed E-state index contributed by atoms with van der Waals surface area (Å²) in [5, 5.41) is 3.41. The summed E-state index contributed by atoms with van der Waals surface area (Å²) in [6.45, 7) is 8.30. The Labute approximate surface area is 86.8 Å². The van der Waals surface area contributed by atoms with E-state index >= 15 is 0 Å². The van der Waals surface area contributed by atoms with Crippen LogP contribution in [0.5, 0.6) is 0 Å². The Bertz CT molecular complexity index is 186. The molecule has 0 radical (unpaired) electrons. The van der Waals surface area contributed by atoms with Crippen LogP contribution in [0.4, 0.5) is 0 Å². The van der Waals surface area contributed by atoms with Gasteiger partial charge in [-0.3, -0.25) is 0 Å². The number of hydrogen-bond donors (Lipinski definition) is 1. The second-order valence-corrected chi connectivity index (χ2v) is 4.85. The third-order valence-corrected chi connectivity index (χ3v) is 3.58. The molecule has 3 nitrogen and oxygen atoms in total. The Morgan fingerprint density at radius 1 is 1.43 bits per heavy atom. The van der Waals surface area contributed by atoms with Gasteiger partial charge in [0.1, 0.15) is 0 Å². The minimum Gasteiger partial charge on any atom is -0.380 e. The van der Waals surface area contributed by atoms with Crippen LogP contribution in [-0.2, 0) is 4.74 Å². The van der Waals surface area contributed by atoms with E-state index in [0.717, 1.165) is 19.0 Å². The van der Waals surface area contributed by atoms with Crippen LogP contribution in [0.25, 0.3) is 0 Å². The van der Waals surface area contributed by atoms with E-state index in [1.54, 1.807) is 0 Å². The van der Waals surface area contributed by atoms with Crippen molar-refractivity contribution < 1.29 is 4.74 Å². The van der Waals surface area contributed by atoms with Gasteiger partial charge in [0.15, 0.2) is 0 Å². The van der Waals surface area contributed by atoms with Crippen LogP contribution in [0.2, 0.25) is 0 Å². The monoisotopic (exact) mass is 198 g/mol. The van der Waals surface area contributed by atoms with Crippen LogP contribution >= 0.6 is 0 Å². The van der Waals surface area contributed by atoms with Gasteiger partial charge < -0.3 is 15.0 Å². The number of likely N-dealkylation sites (tertiary alicyclic amines) is 1. The second-order valence-electron chi connectivity index (χ2n) is 4.85. The first-order valence-corrected chi connectivity index (χ1v) is 5.75. The second kappa shape index (κ2) is 4.60. The summed E-state index contributed by atoms with van der Waals surface area (Å²) in [6, 6.07) is 0. The SMILES string of the molecule is COC1CNCC1CN1CCC(C)C1. The van der Waals surface area contributed by atoms with Crippen molar-refractivity contribution in [3.63, 3.8) is 0 Å². The quantitative estimate of drug-likeness (QED) is 0.717. The van der Waals surface area contributed by atoms with Crippen LogP contribution < -0.4 is 5.32 Å². The van der Waals surface area contributed by atoms with Crippen molar-refractivity contribution in [1.29, 1.82) is 0 Å². The highest BCUT2D eigenvalue weighted by Crippen LogP contribution is 2.20. The predicted molar refractivity (Wildman–Crippen MR) is 57.4 cm³/mol. The van der Waals surface area contributed by atoms with Crippen molar-refractivity contribution in [2.24, 2.45) is 11.8 Å². The maximum atomic E-state index is 5.47. The zero-order valence-electron chi connectivity index (χ0n) is 9.33. The summed E-state index contributed by atoms with van der Waals surface area (Å²) in [6.07, 6.45) is 1.81. The smallest absolute Gasteiger partial charge is 0.0748 e. The van der Waals surface area contributed by atoms with E-state index in [1.165, 1.54) is 26.1 Å². The Kier molecular flexibility index (Phi) is 3.42. The van der Waals surface area contributed by atoms with Gasteiger partial charge >= 0.3 is 0 Å². The van der Waals surface area contributed by atoms with Crippen LogP contribution in [-0.4, -0.2) is 50.8 Å². The van der Waals surface area contributed by atoms with Crippen LogP contribution in [0.3, 0.4) is 0 Å². The van der Waals surface area contributed by atoms with Gasteiger partial charge in [-0.1, -0.05) is 6.92 Å². The summed E-state index contributed by atoms with van der Waals surface area (Å²) in [7, 11) is 1.83. The lowest BCUT2D eigenvalue weighted by Crippen LogP contribution is -2.34. The Morgan fingerprint density at radius 3 is 2.93 bits per heavy atom. The summed E-state index contributed by atoms with van der Waals surface area (Å²) in [5.41, 5.74) is 0. The zero-order valence-corrected chi connectivity index (χ0v) is 9.33. The molecule has 2 heterocycles. The minimum absolute atomic E-state index is 0.436. The average Bonchev–Trinajstić information content (AvgIpc) is 2.76. The van der Waals surface area contributed by atoms with Gasteiger partial charge in [0, 0.05) is 39.2 Å². The molecule has 2 saturated heterocycles. The molecular formula is C11H22N2O. The van der Waals surface area contributed by atoms with Crippen molar-refractivity contribution in [2.45, 2.75) is 19.4 Å². The molecule has 3 unspecified atom stereocenters. The highest BCUT2D eigenvalue weighted by atomic mass is 16.5. The van der Waals surface area contributed by atoms with E-state index in [1.807, 2.05) is 7.11 Å². The third-order valence-electron chi connectivity index (χ3n) is 3.58. The topological polar surface area (TPSA) is 24.5 Å². The van der Waals surface area contributed by atoms with E-state index in [2.05, 4.69) is 17.1 Å². The van der Waals surface area contributed by atoms with E-state index in [4.69, 9.17) is 4.74 Å². The Balaban J connectivity index is 1.79. The molecule has 1 N–H and O–H groups in total. The molecule has 2 rings (SSSR count). The van der Waals surface area contributed by atoms with Crippen molar-refractivity contribution in [2.75, 3.05) is 39.8 Å². The number of nitrogens with zero attached hydrogens (tertiary/aromatic N) is 1. The molecule has 82 valence electrons. The minimum atomic E-state index is 0.436. The van der Waals surface area contributed by atoms with Gasteiger partial charge in [-0.25, -0.2) is 0 Å². The molecule has 3 heteroatoms. The van der Waals surface area contributed by atoms with E-state index < -0.39 is 0 Å². The van der Waals surface area contributed by atoms with Gasteiger partial charge in [-0.2, -0.15) is 0 Å². The number of nitrogens with one attached hydrogen (secondary N) is 1. The fraction of sp³-hybridized carbons (Fsp3) is 1.00. The Morgan fingerprint density at radius 2 is 2.29 bits per heavy atom. The maximum Gasteiger partial charge on any atom is 0.0748 e. The number of methoxy groups -OCH3 is 1. The molecule has 0 aromatic heterocycles. The molecule has 0 spiro atoms. The lowest BCUT2D eigenvalue weighted by atomic mass is 10.1. The van der Waals surface area contributed by atoms with Crippen molar-refractivity contribution >= 4 is 0 Å². The molecule has 2 aliphatic rings. The zero-order chi connectivity index (χ0) is 9.97. The number of hydrogen-bond acceptors (Lipinski definition) is 3. The summed E-state index contributed by atoms with van der Waals surface area (Å²) in [4.78, 5) is 2.59. The molecule has 3 atom stereocenters. The fourth-order valence-electron chi connectivity index (χ4n) is 2.69. The number of rotatable bonds is 3. The lowest BCUT2D eigenvalue weighted by molar-refractivity contribution is 0.0690. The summed E-state index contributed by atoms with van der Waals surface area (Å²) < 4.78 is 5.47. The predicted octanol–water partition coefficient (Wildman–Crippen LogP) is 0.563. The highest BCUT2D eigenvalue weighted by molar-refractivity contribution is 4.85. The van der Waals surface area contributed by atoms with Crippen molar-refractivity contribution in [1.82, 2.24) is 10.2 Å². The maximum absolute atomic E-state index is 5.47. The van der Waals surface area contributed by atoms with Crippen LogP contribution in [0.1, 0.15) is 13.3 Å².